The zero-order chi connectivity index (χ0) is 19.5. The van der Waals surface area contributed by atoms with E-state index in [0.717, 1.165) is 24.8 Å². The minimum atomic E-state index is -4.00. The SMILES string of the molecule is C=CCC(=[C-]Cl)C(CCC)OC(C)(C)C.O=S(=O)(O)c1ccccc1.[Zn]. The molecule has 0 bridgehead atoms. The van der Waals surface area contributed by atoms with E-state index in [9.17, 15) is 8.42 Å². The van der Waals surface area contributed by atoms with Crippen molar-refractivity contribution < 1.29 is 37.2 Å². The predicted molar refractivity (Wildman–Crippen MR) is 103 cm³/mol. The maximum atomic E-state index is 10.4. The zero-order valence-corrected chi connectivity index (χ0v) is 20.6. The van der Waals surface area contributed by atoms with E-state index in [0.29, 0.717) is 0 Å². The Morgan fingerprint density at radius 1 is 1.35 bits per heavy atom. The predicted octanol–water partition coefficient (Wildman–Crippen LogP) is 5.40. The summed E-state index contributed by atoms with van der Waals surface area (Å²) in [7, 11) is -4.00. The normalized spacial score (nSPS) is 13.1. The van der Waals surface area contributed by atoms with E-state index in [-0.39, 0.29) is 36.1 Å². The summed E-state index contributed by atoms with van der Waals surface area (Å²) < 4.78 is 35.2. The molecule has 0 aromatic heterocycles. The second-order valence-corrected chi connectivity index (χ2v) is 8.02. The van der Waals surface area contributed by atoms with Crippen LogP contribution >= 0.6 is 11.6 Å². The Labute approximate surface area is 176 Å². The van der Waals surface area contributed by atoms with Crippen LogP contribution in [0, 0.1) is 5.54 Å². The third-order valence-corrected chi connectivity index (χ3v) is 4.07. The van der Waals surface area contributed by atoms with Crippen LogP contribution in [0.4, 0.5) is 0 Å². The van der Waals surface area contributed by atoms with Crippen LogP contribution in [0.1, 0.15) is 47.0 Å². The van der Waals surface area contributed by atoms with Crippen molar-refractivity contribution in [3.05, 3.63) is 54.1 Å². The molecular weight excluding hydrogens is 425 g/mol. The Kier molecular flexibility index (Phi) is 14.5. The van der Waals surface area contributed by atoms with Gasteiger partial charge in [0.1, 0.15) is 0 Å². The molecule has 0 aliphatic heterocycles. The molecule has 7 heteroatoms. The van der Waals surface area contributed by atoms with Gasteiger partial charge in [0, 0.05) is 25.6 Å². The average Bonchev–Trinajstić information content (AvgIpc) is 2.51. The molecule has 1 N–H and O–H groups in total. The third kappa shape index (κ3) is 12.8. The van der Waals surface area contributed by atoms with Gasteiger partial charge >= 0.3 is 0 Å². The first-order chi connectivity index (χ1) is 11.5. The molecule has 0 heterocycles. The van der Waals surface area contributed by atoms with Crippen molar-refractivity contribution in [3.63, 3.8) is 0 Å². The quantitative estimate of drug-likeness (QED) is 0.260. The number of benzene rings is 1. The van der Waals surface area contributed by atoms with E-state index >= 15 is 0 Å². The van der Waals surface area contributed by atoms with Crippen LogP contribution in [0.15, 0.2) is 53.5 Å². The van der Waals surface area contributed by atoms with E-state index in [1.165, 1.54) is 12.1 Å². The Balaban J connectivity index is 0. The number of ether oxygens (including phenoxy) is 1. The molecule has 1 aromatic rings. The summed E-state index contributed by atoms with van der Waals surface area (Å²) in [5, 5.41) is 0. The Morgan fingerprint density at radius 3 is 2.19 bits per heavy atom. The molecule has 1 aromatic carbocycles. The van der Waals surface area contributed by atoms with Crippen molar-refractivity contribution in [2.45, 2.75) is 63.6 Å². The molecular formula is C19H28ClO4SZn-. The summed E-state index contributed by atoms with van der Waals surface area (Å²) in [4.78, 5) is -0.0741. The van der Waals surface area contributed by atoms with E-state index in [1.807, 2.05) is 6.08 Å². The smallest absolute Gasteiger partial charge is 0.294 e. The zero-order valence-electron chi connectivity index (χ0n) is 16.0. The van der Waals surface area contributed by atoms with Gasteiger partial charge in [-0.15, -0.1) is 6.58 Å². The molecule has 0 fully saturated rings. The maximum absolute atomic E-state index is 10.4. The first-order valence-corrected chi connectivity index (χ1v) is 9.90. The van der Waals surface area contributed by atoms with Gasteiger partial charge in [-0.3, -0.25) is 4.55 Å². The molecule has 0 radical (unpaired) electrons. The van der Waals surface area contributed by atoms with E-state index in [1.54, 1.807) is 18.2 Å². The molecule has 4 nitrogen and oxygen atoms in total. The van der Waals surface area contributed by atoms with Crippen LogP contribution in [0.2, 0.25) is 0 Å². The largest absolute Gasteiger partial charge is 0.396 e. The van der Waals surface area contributed by atoms with Gasteiger partial charge in [-0.05, 0) is 45.7 Å². The second kappa shape index (κ2) is 13.6. The van der Waals surface area contributed by atoms with Gasteiger partial charge in [0.15, 0.2) is 0 Å². The first kappa shape index (κ1) is 27.7. The Hall–Kier alpha value is -0.517. The van der Waals surface area contributed by atoms with Crippen molar-refractivity contribution in [3.8, 4) is 0 Å². The molecule has 0 aliphatic rings. The first-order valence-electron chi connectivity index (χ1n) is 8.08. The third-order valence-electron chi connectivity index (χ3n) is 2.96. The van der Waals surface area contributed by atoms with Crippen LogP contribution in [-0.2, 0) is 34.3 Å². The van der Waals surface area contributed by atoms with E-state index in [4.69, 9.17) is 20.9 Å². The summed E-state index contributed by atoms with van der Waals surface area (Å²) in [5.74, 6) is 0. The van der Waals surface area contributed by atoms with Gasteiger partial charge in [0.25, 0.3) is 10.1 Å². The number of allylic oxidation sites excluding steroid dienone is 1. The summed E-state index contributed by atoms with van der Waals surface area (Å²) in [6.07, 6.45) is 4.68. The molecule has 1 rings (SSSR count). The fraction of sp³-hybridized carbons (Fsp3) is 0.474. The Morgan fingerprint density at radius 2 is 1.88 bits per heavy atom. The van der Waals surface area contributed by atoms with Gasteiger partial charge in [-0.1, -0.05) is 37.6 Å². The number of hydrogen-bond acceptors (Lipinski definition) is 3. The van der Waals surface area contributed by atoms with Gasteiger partial charge < -0.3 is 21.9 Å². The second-order valence-electron chi connectivity index (χ2n) is 6.41. The van der Waals surface area contributed by atoms with Gasteiger partial charge in [-0.2, -0.15) is 8.42 Å². The van der Waals surface area contributed by atoms with Crippen molar-refractivity contribution in [1.82, 2.24) is 0 Å². The molecule has 0 saturated heterocycles. The molecule has 1 atom stereocenters. The molecule has 0 saturated carbocycles. The van der Waals surface area contributed by atoms with Crippen LogP contribution in [0.25, 0.3) is 0 Å². The summed E-state index contributed by atoms with van der Waals surface area (Å²) >= 11 is 5.69. The average molecular weight is 453 g/mol. The Bertz CT molecular complexity index is 637. The number of rotatable bonds is 7. The van der Waals surface area contributed by atoms with Crippen LogP contribution < -0.4 is 0 Å². The summed E-state index contributed by atoms with van der Waals surface area (Å²) in [5.41, 5.74) is 3.54. The summed E-state index contributed by atoms with van der Waals surface area (Å²) in [6.45, 7) is 12.0. The minimum absolute atomic E-state index is 0. The van der Waals surface area contributed by atoms with Crippen LogP contribution in [0.5, 0.6) is 0 Å². The minimum Gasteiger partial charge on any atom is -0.396 e. The van der Waals surface area contributed by atoms with Gasteiger partial charge in [-0.25, -0.2) is 5.57 Å². The fourth-order valence-electron chi connectivity index (χ4n) is 1.97. The van der Waals surface area contributed by atoms with Crippen LogP contribution in [-0.4, -0.2) is 24.7 Å². The van der Waals surface area contributed by atoms with Crippen molar-refractivity contribution in [2.75, 3.05) is 0 Å². The van der Waals surface area contributed by atoms with E-state index in [2.05, 4.69) is 39.8 Å². The standard InChI is InChI=1S/C13H22ClO.C6H6O3S.Zn/c1-6-8-11(10-14)12(9-7-2)15-13(3,4)5;7-10(8,9)6-4-2-1-3-5-6;/h6,12H,1,7-9H2,2-5H3;1-5H,(H,7,8,9);/q-1;;. The maximum Gasteiger partial charge on any atom is 0.294 e. The van der Waals surface area contributed by atoms with Crippen LogP contribution in [0.3, 0.4) is 0 Å². The molecule has 0 aliphatic carbocycles. The van der Waals surface area contributed by atoms with Crippen molar-refractivity contribution >= 4 is 21.7 Å². The monoisotopic (exact) mass is 451 g/mol. The molecule has 1 unspecified atom stereocenters. The number of hydrogen-bond donors (Lipinski definition) is 1. The van der Waals surface area contributed by atoms with E-state index < -0.39 is 10.1 Å². The van der Waals surface area contributed by atoms with Crippen molar-refractivity contribution in [1.29, 1.82) is 0 Å². The molecule has 0 spiro atoms. The molecule has 144 valence electrons. The fourth-order valence-corrected chi connectivity index (χ4v) is 2.67. The molecule has 26 heavy (non-hydrogen) atoms. The number of halogens is 1. The van der Waals surface area contributed by atoms with Gasteiger partial charge in [0.05, 0.1) is 10.5 Å². The van der Waals surface area contributed by atoms with Crippen molar-refractivity contribution in [2.24, 2.45) is 0 Å². The molecule has 0 amide bonds. The van der Waals surface area contributed by atoms with Gasteiger partial charge in [0.2, 0.25) is 0 Å². The summed E-state index contributed by atoms with van der Waals surface area (Å²) in [6, 6.07) is 7.42. The topological polar surface area (TPSA) is 63.6 Å².